The summed E-state index contributed by atoms with van der Waals surface area (Å²) < 4.78 is 4.71. The fourth-order valence-electron chi connectivity index (χ4n) is 0.839. The monoisotopic (exact) mass is 180 g/mol. The van der Waals surface area contributed by atoms with Crippen LogP contribution < -0.4 is 0 Å². The van der Waals surface area contributed by atoms with Crippen molar-refractivity contribution in [3.8, 4) is 5.75 Å². The number of ether oxygens (including phenoxy) is 1. The molecule has 0 saturated carbocycles. The maximum atomic E-state index is 10.5. The van der Waals surface area contributed by atoms with E-state index in [-0.39, 0.29) is 18.3 Å². The lowest BCUT2D eigenvalue weighted by Crippen LogP contribution is -2.00. The van der Waals surface area contributed by atoms with Gasteiger partial charge in [-0.2, -0.15) is 0 Å². The molecule has 0 bridgehead atoms. The van der Waals surface area contributed by atoms with E-state index < -0.39 is 0 Å². The van der Waals surface area contributed by atoms with Crippen molar-refractivity contribution >= 4 is 5.97 Å². The van der Waals surface area contributed by atoms with Crippen molar-refractivity contribution in [1.29, 1.82) is 0 Å². The first kappa shape index (κ1) is 9.51. The Bertz CT molecular complexity index is 323. The molecule has 1 N–H and O–H groups in total. The van der Waals surface area contributed by atoms with Crippen LogP contribution in [0.1, 0.15) is 18.2 Å². The Hall–Kier alpha value is -1.58. The lowest BCUT2D eigenvalue weighted by molar-refractivity contribution is -0.142. The molecule has 1 heterocycles. The molecule has 0 aliphatic rings. The second kappa shape index (κ2) is 3.89. The third-order valence-electron chi connectivity index (χ3n) is 1.55. The van der Waals surface area contributed by atoms with Gasteiger partial charge in [0.2, 0.25) is 0 Å². The Labute approximate surface area is 76.2 Å². The molecule has 1 rings (SSSR count). The van der Waals surface area contributed by atoms with Crippen LogP contribution in [-0.2, 0) is 16.1 Å². The molecule has 1 aromatic rings. The van der Waals surface area contributed by atoms with E-state index in [0.717, 1.165) is 0 Å². The van der Waals surface area contributed by atoms with Crippen molar-refractivity contribution in [2.24, 2.45) is 0 Å². The van der Waals surface area contributed by atoms with E-state index in [1.54, 1.807) is 6.92 Å². The number of aryl methyl sites for hydroxylation is 1. The molecule has 0 amide bonds. The zero-order chi connectivity index (χ0) is 9.84. The molecule has 0 atom stereocenters. The number of carbonyl (C=O) groups is 1. The largest absolute Gasteiger partial charge is 0.506 e. The summed E-state index contributed by atoms with van der Waals surface area (Å²) in [5.74, 6) is -0.356. The Morgan fingerprint density at radius 1 is 1.77 bits per heavy atom. The van der Waals surface area contributed by atoms with Gasteiger partial charge < -0.3 is 9.84 Å². The molecule has 13 heavy (non-hydrogen) atoms. The van der Waals surface area contributed by atoms with E-state index in [2.05, 4.69) is 11.1 Å². The molecular weight excluding hydrogens is 170 g/mol. The predicted molar refractivity (Wildman–Crippen MR) is 44.9 cm³/mol. The van der Waals surface area contributed by atoms with Gasteiger partial charge in [0.25, 0.3) is 0 Å². The quantitative estimate of drug-likeness (QED) is 0.688. The summed E-state index contributed by atoms with van der Waals surface area (Å²) >= 11 is 0. The number of aromatic nitrogens is 1. The fraction of sp³-hybridized carbons (Fsp3) is 0.333. The fourth-order valence-corrected chi connectivity index (χ4v) is 0.839. The zero-order valence-electron chi connectivity index (χ0n) is 7.50. The summed E-state index contributed by atoms with van der Waals surface area (Å²) in [7, 11) is 0. The van der Waals surface area contributed by atoms with Gasteiger partial charge in [-0.25, -0.2) is 0 Å². The van der Waals surface area contributed by atoms with E-state index in [9.17, 15) is 9.90 Å². The molecule has 1 radical (unpaired) electrons. The van der Waals surface area contributed by atoms with Crippen LogP contribution >= 0.6 is 0 Å². The van der Waals surface area contributed by atoms with Crippen LogP contribution in [0.2, 0.25) is 0 Å². The molecule has 0 fully saturated rings. The van der Waals surface area contributed by atoms with E-state index in [1.165, 1.54) is 13.1 Å². The van der Waals surface area contributed by atoms with Crippen LogP contribution in [0.15, 0.2) is 6.20 Å². The molecule has 69 valence electrons. The summed E-state index contributed by atoms with van der Waals surface area (Å²) in [6, 6.07) is 2.69. The molecule has 0 saturated heterocycles. The normalized spacial score (nSPS) is 9.69. The third-order valence-corrected chi connectivity index (χ3v) is 1.55. The lowest BCUT2D eigenvalue weighted by atomic mass is 10.2. The molecule has 4 nitrogen and oxygen atoms in total. The lowest BCUT2D eigenvalue weighted by Gasteiger charge is -2.05. The Kier molecular flexibility index (Phi) is 2.84. The average molecular weight is 180 g/mol. The molecule has 4 heteroatoms. The Morgan fingerprint density at radius 3 is 3.08 bits per heavy atom. The summed E-state index contributed by atoms with van der Waals surface area (Å²) in [6.07, 6.45) is 1.44. The Balaban J connectivity index is 2.77. The number of rotatable bonds is 2. The smallest absolute Gasteiger partial charge is 0.302 e. The van der Waals surface area contributed by atoms with Crippen molar-refractivity contribution in [3.05, 3.63) is 23.5 Å². The van der Waals surface area contributed by atoms with Gasteiger partial charge in [0.1, 0.15) is 12.4 Å². The summed E-state index contributed by atoms with van der Waals surface area (Å²) in [5.41, 5.74) is 0.948. The Morgan fingerprint density at radius 2 is 2.46 bits per heavy atom. The first-order valence-electron chi connectivity index (χ1n) is 3.79. The minimum Gasteiger partial charge on any atom is -0.506 e. The maximum Gasteiger partial charge on any atom is 0.302 e. The van der Waals surface area contributed by atoms with Crippen molar-refractivity contribution in [2.45, 2.75) is 20.5 Å². The van der Waals surface area contributed by atoms with E-state index in [0.29, 0.717) is 11.3 Å². The highest BCUT2D eigenvalue weighted by Gasteiger charge is 2.05. The third kappa shape index (κ3) is 2.43. The summed E-state index contributed by atoms with van der Waals surface area (Å²) in [5, 5.41) is 9.43. The number of nitrogens with zero attached hydrogens (tertiary/aromatic N) is 1. The number of hydrogen-bond acceptors (Lipinski definition) is 4. The van der Waals surface area contributed by atoms with Crippen LogP contribution in [0.25, 0.3) is 0 Å². The van der Waals surface area contributed by atoms with Crippen LogP contribution in [-0.4, -0.2) is 16.1 Å². The number of carbonyl (C=O) groups excluding carboxylic acids is 1. The van der Waals surface area contributed by atoms with Gasteiger partial charge >= 0.3 is 5.97 Å². The average Bonchev–Trinajstić information content (AvgIpc) is 2.07. The standard InChI is InChI=1S/C9H10NO3/c1-6-9(12)8(3-4-10-6)5-13-7(2)11/h4,12H,5H2,1-2H3. The minimum absolute atomic E-state index is 0.0313. The van der Waals surface area contributed by atoms with Gasteiger partial charge in [-0.1, -0.05) is 0 Å². The van der Waals surface area contributed by atoms with Crippen molar-refractivity contribution in [2.75, 3.05) is 0 Å². The highest BCUT2D eigenvalue weighted by Crippen LogP contribution is 2.19. The minimum atomic E-state index is -0.387. The second-order valence-electron chi connectivity index (χ2n) is 2.60. The van der Waals surface area contributed by atoms with Crippen LogP contribution in [0.3, 0.4) is 0 Å². The SMILES string of the molecule is CC(=O)OCc1[c]cnc(C)c1O. The molecule has 0 aliphatic heterocycles. The van der Waals surface area contributed by atoms with Crippen LogP contribution in [0.5, 0.6) is 5.75 Å². The second-order valence-corrected chi connectivity index (χ2v) is 2.60. The van der Waals surface area contributed by atoms with Crippen molar-refractivity contribution in [1.82, 2.24) is 4.98 Å². The molecular formula is C9H10NO3. The van der Waals surface area contributed by atoms with E-state index >= 15 is 0 Å². The first-order valence-corrected chi connectivity index (χ1v) is 3.79. The van der Waals surface area contributed by atoms with E-state index in [1.807, 2.05) is 0 Å². The van der Waals surface area contributed by atoms with Crippen LogP contribution in [0, 0.1) is 13.0 Å². The topological polar surface area (TPSA) is 59.4 Å². The molecule has 0 aliphatic carbocycles. The zero-order valence-corrected chi connectivity index (χ0v) is 7.50. The first-order chi connectivity index (χ1) is 6.11. The van der Waals surface area contributed by atoms with Gasteiger partial charge in [-0.15, -0.1) is 0 Å². The summed E-state index contributed by atoms with van der Waals surface area (Å²) in [6.45, 7) is 3.01. The van der Waals surface area contributed by atoms with Gasteiger partial charge in [0.05, 0.1) is 5.69 Å². The predicted octanol–water partition coefficient (Wildman–Crippen LogP) is 0.959. The van der Waals surface area contributed by atoms with Gasteiger partial charge in [0.15, 0.2) is 0 Å². The summed E-state index contributed by atoms with van der Waals surface area (Å²) in [4.78, 5) is 14.3. The van der Waals surface area contributed by atoms with Gasteiger partial charge in [-0.05, 0) is 6.92 Å². The van der Waals surface area contributed by atoms with Crippen molar-refractivity contribution < 1.29 is 14.6 Å². The molecule has 1 aromatic heterocycles. The number of esters is 1. The highest BCUT2D eigenvalue weighted by molar-refractivity contribution is 5.66. The van der Waals surface area contributed by atoms with Crippen molar-refractivity contribution in [3.63, 3.8) is 0 Å². The molecule has 0 spiro atoms. The number of aromatic hydroxyl groups is 1. The highest BCUT2D eigenvalue weighted by atomic mass is 16.5. The number of pyridine rings is 1. The van der Waals surface area contributed by atoms with Gasteiger partial charge in [0, 0.05) is 24.8 Å². The molecule has 0 unspecified atom stereocenters. The van der Waals surface area contributed by atoms with Gasteiger partial charge in [-0.3, -0.25) is 9.78 Å². The van der Waals surface area contributed by atoms with Crippen LogP contribution in [0.4, 0.5) is 0 Å². The maximum absolute atomic E-state index is 10.5. The molecule has 0 aromatic carbocycles. The number of hydrogen-bond donors (Lipinski definition) is 1. The van der Waals surface area contributed by atoms with E-state index in [4.69, 9.17) is 4.74 Å².